The normalized spacial score (nSPS) is 10.9. The molecule has 0 nitrogen and oxygen atoms in total. The molecule has 9 heavy (non-hydrogen) atoms. The predicted octanol–water partition coefficient (Wildman–Crippen LogP) is 3.16. The molecule has 0 N–H and O–H groups in total. The summed E-state index contributed by atoms with van der Waals surface area (Å²) in [4.78, 5) is 0. The molecule has 0 amide bonds. The Hall–Kier alpha value is -0.260. The van der Waals surface area contributed by atoms with Crippen molar-refractivity contribution in [1.82, 2.24) is 0 Å². The van der Waals surface area contributed by atoms with Gasteiger partial charge in [0, 0.05) is 0 Å². The molecule has 0 saturated heterocycles. The molecular weight excluding hydrogens is 108 g/mol. The minimum Gasteiger partial charge on any atom is -0.0885 e. The van der Waals surface area contributed by atoms with Crippen molar-refractivity contribution in [3.8, 4) is 0 Å². The highest BCUT2D eigenvalue weighted by molar-refractivity contribution is 4.81. The molecule has 0 aliphatic heterocycles. The molecule has 0 fully saturated rings. The third-order valence-corrected chi connectivity index (χ3v) is 1.20. The van der Waals surface area contributed by atoms with Crippen LogP contribution in [-0.4, -0.2) is 0 Å². The van der Waals surface area contributed by atoms with E-state index in [4.69, 9.17) is 0 Å². The SMILES string of the molecule is [CH2]C/C=C/CCCC[CH2]. The summed E-state index contributed by atoms with van der Waals surface area (Å²) in [5.41, 5.74) is 0. The standard InChI is InChI=1S/C9H16/c1-3-5-7-9-8-6-4-2/h5,7H,1-4,6,8-9H2/b7-5+. The highest BCUT2D eigenvalue weighted by atomic mass is 13.9. The van der Waals surface area contributed by atoms with Crippen LogP contribution in [0.2, 0.25) is 0 Å². The second-order valence-electron chi connectivity index (χ2n) is 2.11. The van der Waals surface area contributed by atoms with E-state index in [1.54, 1.807) is 0 Å². The zero-order valence-corrected chi connectivity index (χ0v) is 6.10. The van der Waals surface area contributed by atoms with Crippen molar-refractivity contribution < 1.29 is 0 Å². The Morgan fingerprint density at radius 3 is 2.33 bits per heavy atom. The van der Waals surface area contributed by atoms with Gasteiger partial charge in [0.1, 0.15) is 0 Å². The van der Waals surface area contributed by atoms with Gasteiger partial charge in [0.25, 0.3) is 0 Å². The zero-order chi connectivity index (χ0) is 6.95. The van der Waals surface area contributed by atoms with Crippen LogP contribution in [0.25, 0.3) is 0 Å². The molecule has 0 bridgehead atoms. The lowest BCUT2D eigenvalue weighted by Gasteiger charge is -1.89. The van der Waals surface area contributed by atoms with E-state index >= 15 is 0 Å². The Morgan fingerprint density at radius 1 is 1.00 bits per heavy atom. The van der Waals surface area contributed by atoms with Gasteiger partial charge >= 0.3 is 0 Å². The van der Waals surface area contributed by atoms with Crippen LogP contribution in [0.15, 0.2) is 12.2 Å². The molecule has 52 valence electrons. The maximum Gasteiger partial charge on any atom is -0.0351 e. The van der Waals surface area contributed by atoms with E-state index in [0.29, 0.717) is 0 Å². The molecule has 0 aromatic carbocycles. The van der Waals surface area contributed by atoms with Crippen molar-refractivity contribution in [3.63, 3.8) is 0 Å². The van der Waals surface area contributed by atoms with Crippen LogP contribution in [-0.2, 0) is 0 Å². The molecule has 0 aromatic heterocycles. The van der Waals surface area contributed by atoms with Crippen molar-refractivity contribution in [2.45, 2.75) is 32.1 Å². The highest BCUT2D eigenvalue weighted by Crippen LogP contribution is 1.99. The quantitative estimate of drug-likeness (QED) is 0.390. The van der Waals surface area contributed by atoms with Crippen molar-refractivity contribution in [2.75, 3.05) is 0 Å². The molecular formula is C9H16. The number of hydrogen-bond acceptors (Lipinski definition) is 0. The van der Waals surface area contributed by atoms with Crippen LogP contribution in [0.1, 0.15) is 32.1 Å². The first-order chi connectivity index (χ1) is 4.41. The van der Waals surface area contributed by atoms with Crippen LogP contribution in [0.3, 0.4) is 0 Å². The summed E-state index contributed by atoms with van der Waals surface area (Å²) in [6.45, 7) is 7.47. The third-order valence-electron chi connectivity index (χ3n) is 1.20. The third kappa shape index (κ3) is 7.74. The van der Waals surface area contributed by atoms with Gasteiger partial charge in [-0.05, 0) is 26.2 Å². The van der Waals surface area contributed by atoms with Crippen LogP contribution < -0.4 is 0 Å². The van der Waals surface area contributed by atoms with E-state index in [1.165, 1.54) is 19.3 Å². The molecule has 0 rings (SSSR count). The van der Waals surface area contributed by atoms with Gasteiger partial charge in [-0.2, -0.15) is 0 Å². The summed E-state index contributed by atoms with van der Waals surface area (Å²) in [5, 5.41) is 0. The number of hydrogen-bond donors (Lipinski definition) is 0. The summed E-state index contributed by atoms with van der Waals surface area (Å²) in [5.74, 6) is 0. The van der Waals surface area contributed by atoms with Crippen molar-refractivity contribution in [2.24, 2.45) is 0 Å². The predicted molar refractivity (Wildman–Crippen MR) is 42.9 cm³/mol. The van der Waals surface area contributed by atoms with E-state index in [9.17, 15) is 0 Å². The second kappa shape index (κ2) is 7.74. The molecule has 0 heteroatoms. The van der Waals surface area contributed by atoms with Crippen LogP contribution in [0.4, 0.5) is 0 Å². The minimum absolute atomic E-state index is 0.921. The molecule has 0 aliphatic carbocycles. The molecule has 0 spiro atoms. The first-order valence-electron chi connectivity index (χ1n) is 3.65. The largest absolute Gasteiger partial charge is 0.0885 e. The van der Waals surface area contributed by atoms with Gasteiger partial charge in [0.15, 0.2) is 0 Å². The van der Waals surface area contributed by atoms with Gasteiger partial charge in [-0.1, -0.05) is 31.9 Å². The van der Waals surface area contributed by atoms with Crippen molar-refractivity contribution >= 4 is 0 Å². The van der Waals surface area contributed by atoms with Crippen molar-refractivity contribution in [3.05, 3.63) is 26.0 Å². The Balaban J connectivity index is 2.82. The van der Waals surface area contributed by atoms with Crippen LogP contribution in [0, 0.1) is 13.8 Å². The van der Waals surface area contributed by atoms with E-state index in [2.05, 4.69) is 26.0 Å². The smallest absolute Gasteiger partial charge is 0.0351 e. The molecule has 0 heterocycles. The van der Waals surface area contributed by atoms with E-state index in [-0.39, 0.29) is 0 Å². The number of allylic oxidation sites excluding steroid dienone is 2. The lowest BCUT2D eigenvalue weighted by atomic mass is 10.2. The van der Waals surface area contributed by atoms with Gasteiger partial charge in [0.2, 0.25) is 0 Å². The Morgan fingerprint density at radius 2 is 1.78 bits per heavy atom. The molecule has 0 atom stereocenters. The summed E-state index contributed by atoms with van der Waals surface area (Å²) < 4.78 is 0. The number of unbranched alkanes of at least 4 members (excludes halogenated alkanes) is 3. The summed E-state index contributed by atoms with van der Waals surface area (Å²) in [6.07, 6.45) is 10.0. The van der Waals surface area contributed by atoms with Crippen LogP contribution in [0.5, 0.6) is 0 Å². The maximum absolute atomic E-state index is 3.77. The first kappa shape index (κ1) is 8.74. The monoisotopic (exact) mass is 124 g/mol. The van der Waals surface area contributed by atoms with E-state index < -0.39 is 0 Å². The minimum atomic E-state index is 0.921. The fourth-order valence-electron chi connectivity index (χ4n) is 0.675. The fourth-order valence-corrected chi connectivity index (χ4v) is 0.675. The van der Waals surface area contributed by atoms with Gasteiger partial charge < -0.3 is 0 Å². The summed E-state index contributed by atoms with van der Waals surface area (Å²) >= 11 is 0. The van der Waals surface area contributed by atoms with E-state index in [0.717, 1.165) is 12.8 Å². The van der Waals surface area contributed by atoms with Gasteiger partial charge in [0.05, 0.1) is 0 Å². The highest BCUT2D eigenvalue weighted by Gasteiger charge is 1.79. The van der Waals surface area contributed by atoms with Crippen molar-refractivity contribution in [1.29, 1.82) is 0 Å². The van der Waals surface area contributed by atoms with E-state index in [1.807, 2.05) is 0 Å². The van der Waals surface area contributed by atoms with Gasteiger partial charge in [-0.15, -0.1) is 0 Å². The maximum atomic E-state index is 3.77. The lowest BCUT2D eigenvalue weighted by molar-refractivity contribution is 0.759. The average molecular weight is 124 g/mol. The molecule has 2 radical (unpaired) electrons. The Labute approximate surface area is 59.0 Å². The average Bonchev–Trinajstić information content (AvgIpc) is 1.89. The summed E-state index contributed by atoms with van der Waals surface area (Å²) in [7, 11) is 0. The summed E-state index contributed by atoms with van der Waals surface area (Å²) in [6, 6.07) is 0. The van der Waals surface area contributed by atoms with Crippen LogP contribution >= 0.6 is 0 Å². The number of rotatable bonds is 5. The zero-order valence-electron chi connectivity index (χ0n) is 6.10. The lowest BCUT2D eigenvalue weighted by Crippen LogP contribution is -1.70. The Kier molecular flexibility index (Phi) is 7.52. The Bertz CT molecular complexity index is 62.4. The molecule has 0 aliphatic rings. The fraction of sp³-hybridized carbons (Fsp3) is 0.556. The van der Waals surface area contributed by atoms with Gasteiger partial charge in [-0.25, -0.2) is 0 Å². The topological polar surface area (TPSA) is 0 Å². The molecule has 0 aromatic rings. The first-order valence-corrected chi connectivity index (χ1v) is 3.65. The molecule has 0 saturated carbocycles. The second-order valence-corrected chi connectivity index (χ2v) is 2.11. The molecule has 0 unspecified atom stereocenters. The van der Waals surface area contributed by atoms with Gasteiger partial charge in [-0.3, -0.25) is 0 Å².